The smallest absolute Gasteiger partial charge is 0.178 e. The minimum Gasteiger partial charge on any atom is -0.298 e. The van der Waals surface area contributed by atoms with E-state index in [1.165, 1.54) is 0 Å². The monoisotopic (exact) mass is 225 g/mol. The molecule has 0 heterocycles. The van der Waals surface area contributed by atoms with Gasteiger partial charge in [0.2, 0.25) is 0 Å². The Balaban J connectivity index is 3.43. The van der Waals surface area contributed by atoms with Crippen molar-refractivity contribution in [3.8, 4) is 6.07 Å². The third kappa shape index (κ3) is 2.20. The maximum Gasteiger partial charge on any atom is 0.178 e. The van der Waals surface area contributed by atoms with Gasteiger partial charge < -0.3 is 0 Å². The lowest BCUT2D eigenvalue weighted by atomic mass is 10.0. The van der Waals surface area contributed by atoms with Gasteiger partial charge in [-0.25, -0.2) is 4.39 Å². The van der Waals surface area contributed by atoms with E-state index >= 15 is 0 Å². The molecule has 15 heavy (non-hydrogen) atoms. The number of halogens is 2. The molecule has 0 spiro atoms. The van der Waals surface area contributed by atoms with Crippen molar-refractivity contribution < 1.29 is 14.0 Å². The van der Waals surface area contributed by atoms with E-state index in [1.807, 2.05) is 0 Å². The summed E-state index contributed by atoms with van der Waals surface area (Å²) in [7, 11) is 0. The van der Waals surface area contributed by atoms with E-state index in [-0.39, 0.29) is 28.9 Å². The van der Waals surface area contributed by atoms with Gasteiger partial charge >= 0.3 is 0 Å². The van der Waals surface area contributed by atoms with Gasteiger partial charge in [-0.1, -0.05) is 0 Å². The number of Topliss-reactive ketones (excluding diaryl/α,β-unsaturated/α-hetero) is 1. The van der Waals surface area contributed by atoms with Gasteiger partial charge in [-0.3, -0.25) is 9.59 Å². The highest BCUT2D eigenvalue weighted by Gasteiger charge is 2.14. The zero-order valence-electron chi connectivity index (χ0n) is 7.46. The van der Waals surface area contributed by atoms with Crippen molar-refractivity contribution in [2.45, 2.75) is 0 Å². The summed E-state index contributed by atoms with van der Waals surface area (Å²) in [5.41, 5.74) is -0.415. The summed E-state index contributed by atoms with van der Waals surface area (Å²) < 4.78 is 13.1. The van der Waals surface area contributed by atoms with Crippen molar-refractivity contribution in [2.24, 2.45) is 0 Å². The quantitative estimate of drug-likeness (QED) is 0.449. The van der Waals surface area contributed by atoms with Crippen LogP contribution in [-0.2, 0) is 0 Å². The zero-order chi connectivity index (χ0) is 11.4. The molecule has 1 rings (SSSR count). The number of benzene rings is 1. The molecule has 0 aromatic heterocycles. The second-order valence-electron chi connectivity index (χ2n) is 2.71. The Morgan fingerprint density at radius 1 is 1.60 bits per heavy atom. The fourth-order valence-electron chi connectivity index (χ4n) is 1.08. The van der Waals surface area contributed by atoms with Gasteiger partial charge in [0.05, 0.1) is 23.1 Å². The van der Waals surface area contributed by atoms with Crippen molar-refractivity contribution in [1.82, 2.24) is 0 Å². The number of hydrogen-bond acceptors (Lipinski definition) is 3. The summed E-state index contributed by atoms with van der Waals surface area (Å²) in [6.07, 6.45) is 0.279. The van der Waals surface area contributed by atoms with Gasteiger partial charge in [0, 0.05) is 5.56 Å². The zero-order valence-corrected chi connectivity index (χ0v) is 8.21. The number of nitrogens with zero attached hydrogens (tertiary/aromatic N) is 1. The molecule has 0 unspecified atom stereocenters. The molecule has 0 aliphatic heterocycles. The molecule has 0 aliphatic carbocycles. The molecule has 76 valence electrons. The van der Waals surface area contributed by atoms with Crippen LogP contribution in [0.1, 0.15) is 26.3 Å². The van der Waals surface area contributed by atoms with Gasteiger partial charge in [-0.15, -0.1) is 11.6 Å². The second-order valence-corrected chi connectivity index (χ2v) is 2.97. The highest BCUT2D eigenvalue weighted by molar-refractivity contribution is 6.30. The number of hydrogen-bond donors (Lipinski definition) is 0. The van der Waals surface area contributed by atoms with Crippen LogP contribution >= 0.6 is 11.6 Å². The number of aldehydes is 1. The Morgan fingerprint density at radius 3 is 2.73 bits per heavy atom. The standard InChI is InChI=1S/C10H5ClFNO2/c11-3-10(15)8-1-7(5-14)9(12)2-6(8)4-13/h1-2,5H,3H2. The minimum absolute atomic E-state index is 0.0315. The number of alkyl halides is 1. The van der Waals surface area contributed by atoms with Crippen molar-refractivity contribution in [2.75, 3.05) is 5.88 Å². The lowest BCUT2D eigenvalue weighted by molar-refractivity contribution is 0.102. The van der Waals surface area contributed by atoms with Gasteiger partial charge in [-0.05, 0) is 12.1 Å². The van der Waals surface area contributed by atoms with Crippen LogP contribution < -0.4 is 0 Å². The second kappa shape index (κ2) is 4.67. The molecule has 5 heteroatoms. The van der Waals surface area contributed by atoms with E-state index in [1.54, 1.807) is 6.07 Å². The van der Waals surface area contributed by atoms with Crippen LogP contribution in [0.15, 0.2) is 12.1 Å². The Bertz CT molecular complexity index is 465. The molecule has 0 N–H and O–H groups in total. The molecular weight excluding hydrogens is 221 g/mol. The van der Waals surface area contributed by atoms with Crippen LogP contribution in [0.2, 0.25) is 0 Å². The Kier molecular flexibility index (Phi) is 3.53. The van der Waals surface area contributed by atoms with Gasteiger partial charge in [-0.2, -0.15) is 5.26 Å². The molecule has 0 amide bonds. The normalized spacial score (nSPS) is 9.40. The number of nitriles is 1. The average Bonchev–Trinajstić information content (AvgIpc) is 2.27. The van der Waals surface area contributed by atoms with E-state index in [0.29, 0.717) is 0 Å². The number of ketones is 1. The van der Waals surface area contributed by atoms with Gasteiger partial charge in [0.25, 0.3) is 0 Å². The first-order chi connectivity index (χ1) is 7.13. The van der Waals surface area contributed by atoms with Crippen LogP contribution in [0.25, 0.3) is 0 Å². The van der Waals surface area contributed by atoms with Crippen molar-refractivity contribution in [3.05, 3.63) is 34.6 Å². The van der Waals surface area contributed by atoms with E-state index in [0.717, 1.165) is 12.1 Å². The predicted molar refractivity (Wildman–Crippen MR) is 51.6 cm³/mol. The van der Waals surface area contributed by atoms with Crippen LogP contribution in [0.3, 0.4) is 0 Å². The molecule has 0 aliphatic rings. The molecular formula is C10H5ClFNO2. The Labute approximate surface area is 90.1 Å². The molecule has 1 aromatic carbocycles. The largest absolute Gasteiger partial charge is 0.298 e. The SMILES string of the molecule is N#Cc1cc(F)c(C=O)cc1C(=O)CCl. The summed E-state index contributed by atoms with van der Waals surface area (Å²) in [4.78, 5) is 21.7. The molecule has 0 saturated heterocycles. The first kappa shape index (κ1) is 11.3. The van der Waals surface area contributed by atoms with Gasteiger partial charge in [0.15, 0.2) is 12.1 Å². The first-order valence-corrected chi connectivity index (χ1v) is 4.45. The highest BCUT2D eigenvalue weighted by atomic mass is 35.5. The summed E-state index contributed by atoms with van der Waals surface area (Å²) in [5.74, 6) is -1.66. The maximum atomic E-state index is 13.1. The fraction of sp³-hybridized carbons (Fsp3) is 0.100. The third-order valence-corrected chi connectivity index (χ3v) is 2.05. The third-order valence-electron chi connectivity index (χ3n) is 1.81. The first-order valence-electron chi connectivity index (χ1n) is 3.92. The highest BCUT2D eigenvalue weighted by Crippen LogP contribution is 2.15. The Hall–Kier alpha value is -1.73. The van der Waals surface area contributed by atoms with Crippen molar-refractivity contribution in [3.63, 3.8) is 0 Å². The van der Waals surface area contributed by atoms with Crippen molar-refractivity contribution in [1.29, 1.82) is 5.26 Å². The van der Waals surface area contributed by atoms with Crippen molar-refractivity contribution >= 4 is 23.7 Å². The minimum atomic E-state index is -0.826. The molecule has 0 fully saturated rings. The lowest BCUT2D eigenvalue weighted by Gasteiger charge is -2.02. The molecule has 3 nitrogen and oxygen atoms in total. The molecule has 0 radical (unpaired) electrons. The summed E-state index contributed by atoms with van der Waals surface area (Å²) in [6, 6.07) is 3.55. The van der Waals surface area contributed by atoms with Gasteiger partial charge in [0.1, 0.15) is 5.82 Å². The maximum absolute atomic E-state index is 13.1. The van der Waals surface area contributed by atoms with E-state index in [9.17, 15) is 14.0 Å². The molecule has 0 bridgehead atoms. The van der Waals surface area contributed by atoms with Crippen LogP contribution in [0, 0.1) is 17.1 Å². The number of rotatable bonds is 3. The van der Waals surface area contributed by atoms with E-state index in [2.05, 4.69) is 0 Å². The van der Waals surface area contributed by atoms with Crippen LogP contribution in [0.4, 0.5) is 4.39 Å². The predicted octanol–water partition coefficient (Wildman–Crippen LogP) is 1.93. The summed E-state index contributed by atoms with van der Waals surface area (Å²) in [5, 5.41) is 8.65. The fourth-order valence-corrected chi connectivity index (χ4v) is 1.22. The number of carbonyl (C=O) groups excluding carboxylic acids is 2. The van der Waals surface area contributed by atoms with E-state index in [4.69, 9.17) is 16.9 Å². The lowest BCUT2D eigenvalue weighted by Crippen LogP contribution is -2.06. The Morgan fingerprint density at radius 2 is 2.27 bits per heavy atom. The summed E-state index contributed by atoms with van der Waals surface area (Å²) >= 11 is 5.31. The molecule has 1 aromatic rings. The topological polar surface area (TPSA) is 57.9 Å². The average molecular weight is 226 g/mol. The van der Waals surface area contributed by atoms with E-state index < -0.39 is 11.6 Å². The van der Waals surface area contributed by atoms with Crippen LogP contribution in [-0.4, -0.2) is 17.9 Å². The summed E-state index contributed by atoms with van der Waals surface area (Å²) in [6.45, 7) is 0. The number of carbonyl (C=O) groups is 2. The van der Waals surface area contributed by atoms with Crippen LogP contribution in [0.5, 0.6) is 0 Å². The molecule has 0 atom stereocenters. The molecule has 0 saturated carbocycles.